The average Bonchev–Trinajstić information content (AvgIpc) is 3.56. The molecule has 4 aromatic rings. The summed E-state index contributed by atoms with van der Waals surface area (Å²) >= 11 is 0. The second-order valence-electron chi connectivity index (χ2n) is 8.63. The summed E-state index contributed by atoms with van der Waals surface area (Å²) in [5.41, 5.74) is 3.27. The Morgan fingerprint density at radius 3 is 2.86 bits per heavy atom. The number of carbonyl (C=O) groups is 4. The number of hydrogen-bond acceptors (Lipinski definition) is 8. The van der Waals surface area contributed by atoms with Crippen LogP contribution in [0.2, 0.25) is 0 Å². The van der Waals surface area contributed by atoms with E-state index in [1.165, 1.54) is 20.3 Å². The Hall–Kier alpha value is -4.94. The SMILES string of the molecule is Cc1cc2nccc(NC(=O)c3cn(-c4ccc5c(c4)CN(C4CCC(=O)NC4=O)C5=O)nn3)n2n1. The van der Waals surface area contributed by atoms with Crippen LogP contribution in [0.4, 0.5) is 5.82 Å². The smallest absolute Gasteiger partial charge is 0.279 e. The van der Waals surface area contributed by atoms with Crippen LogP contribution in [0.1, 0.15) is 44.9 Å². The van der Waals surface area contributed by atoms with Gasteiger partial charge in [-0.25, -0.2) is 9.67 Å². The molecule has 180 valence electrons. The predicted molar refractivity (Wildman–Crippen MR) is 123 cm³/mol. The van der Waals surface area contributed by atoms with Gasteiger partial charge in [-0.15, -0.1) is 5.10 Å². The number of carbonyl (C=O) groups excluding carboxylic acids is 4. The molecule has 0 bridgehead atoms. The first-order chi connectivity index (χ1) is 17.4. The molecule has 5 heterocycles. The third-order valence-electron chi connectivity index (χ3n) is 6.22. The van der Waals surface area contributed by atoms with Crippen LogP contribution in [0.25, 0.3) is 11.3 Å². The summed E-state index contributed by atoms with van der Waals surface area (Å²) in [5, 5.41) is 17.4. The third kappa shape index (κ3) is 3.57. The minimum Gasteiger partial charge on any atom is -0.322 e. The summed E-state index contributed by atoms with van der Waals surface area (Å²) in [7, 11) is 0. The highest BCUT2D eigenvalue weighted by molar-refractivity contribution is 6.05. The highest BCUT2D eigenvalue weighted by Crippen LogP contribution is 2.29. The molecule has 1 fully saturated rings. The van der Waals surface area contributed by atoms with Crippen LogP contribution in [0.15, 0.2) is 42.7 Å². The largest absolute Gasteiger partial charge is 0.322 e. The standard InChI is InChI=1S/C23H19N9O4/c1-12-8-19-24-7-6-18(32(19)28-12)25-21(34)16-11-31(29-27-16)14-2-3-15-13(9-14)10-30(23(15)36)17-4-5-20(33)26-22(17)35/h2-3,6-9,11,17H,4-5,10H2,1H3,(H,25,34)(H,26,33,35). The van der Waals surface area contributed by atoms with Crippen molar-refractivity contribution in [3.63, 3.8) is 0 Å². The molecule has 1 aromatic carbocycles. The Balaban J connectivity index is 1.21. The van der Waals surface area contributed by atoms with Crippen molar-refractivity contribution in [3.05, 3.63) is 65.2 Å². The Morgan fingerprint density at radius 2 is 2.03 bits per heavy atom. The Kier molecular flexibility index (Phi) is 4.84. The van der Waals surface area contributed by atoms with Crippen molar-refractivity contribution < 1.29 is 19.2 Å². The number of fused-ring (bicyclic) bond motifs is 2. The summed E-state index contributed by atoms with van der Waals surface area (Å²) in [6.07, 6.45) is 3.54. The number of imide groups is 1. The molecule has 0 aliphatic carbocycles. The number of aryl methyl sites for hydroxylation is 1. The molecule has 1 atom stereocenters. The molecule has 0 saturated carbocycles. The minimum atomic E-state index is -0.689. The predicted octanol–water partition coefficient (Wildman–Crippen LogP) is 0.632. The van der Waals surface area contributed by atoms with Crippen LogP contribution < -0.4 is 10.6 Å². The van der Waals surface area contributed by atoms with Gasteiger partial charge in [0.15, 0.2) is 11.3 Å². The first kappa shape index (κ1) is 21.6. The van der Waals surface area contributed by atoms with Crippen molar-refractivity contribution in [1.82, 2.24) is 39.8 Å². The molecule has 6 rings (SSSR count). The fraction of sp³-hybridized carbons (Fsp3) is 0.217. The molecular weight excluding hydrogens is 466 g/mol. The number of aromatic nitrogens is 6. The molecule has 36 heavy (non-hydrogen) atoms. The van der Waals surface area contributed by atoms with Gasteiger partial charge in [-0.3, -0.25) is 24.5 Å². The molecule has 0 radical (unpaired) electrons. The number of nitrogens with one attached hydrogen (secondary N) is 2. The van der Waals surface area contributed by atoms with Gasteiger partial charge in [-0.2, -0.15) is 9.61 Å². The van der Waals surface area contributed by atoms with Crippen LogP contribution in [-0.2, 0) is 16.1 Å². The number of amides is 4. The summed E-state index contributed by atoms with van der Waals surface area (Å²) in [4.78, 5) is 55.1. The van der Waals surface area contributed by atoms with Crippen molar-refractivity contribution in [2.24, 2.45) is 0 Å². The van der Waals surface area contributed by atoms with Gasteiger partial charge in [-0.05, 0) is 43.2 Å². The minimum absolute atomic E-state index is 0.0885. The van der Waals surface area contributed by atoms with E-state index in [0.717, 1.165) is 11.3 Å². The molecule has 2 aliphatic rings. The maximum Gasteiger partial charge on any atom is 0.279 e. The second-order valence-corrected chi connectivity index (χ2v) is 8.63. The summed E-state index contributed by atoms with van der Waals surface area (Å²) in [6.45, 7) is 2.07. The summed E-state index contributed by atoms with van der Waals surface area (Å²) in [6, 6.07) is 7.87. The molecule has 2 N–H and O–H groups in total. The number of rotatable bonds is 4. The zero-order chi connectivity index (χ0) is 25.0. The number of benzene rings is 1. The van der Waals surface area contributed by atoms with Crippen LogP contribution in [0.5, 0.6) is 0 Å². The first-order valence-electron chi connectivity index (χ1n) is 11.2. The number of nitrogens with zero attached hydrogens (tertiary/aromatic N) is 7. The zero-order valence-electron chi connectivity index (χ0n) is 19.0. The lowest BCUT2D eigenvalue weighted by atomic mass is 10.0. The average molecular weight is 485 g/mol. The Labute approximate surface area is 203 Å². The van der Waals surface area contributed by atoms with Gasteiger partial charge in [0.1, 0.15) is 11.9 Å². The lowest BCUT2D eigenvalue weighted by molar-refractivity contribution is -0.136. The van der Waals surface area contributed by atoms with E-state index >= 15 is 0 Å². The lowest BCUT2D eigenvalue weighted by Gasteiger charge is -2.29. The Bertz CT molecular complexity index is 1590. The van der Waals surface area contributed by atoms with Gasteiger partial charge in [-0.1, -0.05) is 5.21 Å². The van der Waals surface area contributed by atoms with Gasteiger partial charge in [0, 0.05) is 30.8 Å². The van der Waals surface area contributed by atoms with Gasteiger partial charge < -0.3 is 10.2 Å². The maximum absolute atomic E-state index is 12.9. The maximum atomic E-state index is 12.9. The van der Waals surface area contributed by atoms with E-state index in [1.54, 1.807) is 36.5 Å². The number of hydrogen-bond donors (Lipinski definition) is 2. The van der Waals surface area contributed by atoms with Crippen LogP contribution in [0.3, 0.4) is 0 Å². The van der Waals surface area contributed by atoms with Crippen molar-refractivity contribution in [2.45, 2.75) is 32.4 Å². The molecule has 13 nitrogen and oxygen atoms in total. The molecule has 1 unspecified atom stereocenters. The van der Waals surface area contributed by atoms with Crippen molar-refractivity contribution in [2.75, 3.05) is 5.32 Å². The summed E-state index contributed by atoms with van der Waals surface area (Å²) in [5.74, 6) is -1.08. The van der Waals surface area contributed by atoms with Gasteiger partial charge in [0.2, 0.25) is 11.8 Å². The lowest BCUT2D eigenvalue weighted by Crippen LogP contribution is -2.52. The third-order valence-corrected chi connectivity index (χ3v) is 6.22. The number of anilines is 1. The molecule has 0 spiro atoms. The van der Waals surface area contributed by atoms with Crippen molar-refractivity contribution >= 4 is 35.1 Å². The fourth-order valence-electron chi connectivity index (χ4n) is 4.48. The highest BCUT2D eigenvalue weighted by atomic mass is 16.2. The van der Waals surface area contributed by atoms with E-state index in [-0.39, 0.29) is 30.5 Å². The first-order valence-corrected chi connectivity index (χ1v) is 11.2. The number of piperidine rings is 1. The molecule has 2 aliphatic heterocycles. The van der Waals surface area contributed by atoms with E-state index in [9.17, 15) is 19.2 Å². The molecule has 13 heteroatoms. The monoisotopic (exact) mass is 485 g/mol. The van der Waals surface area contributed by atoms with Crippen LogP contribution in [0, 0.1) is 6.92 Å². The second kappa shape index (κ2) is 8.08. The molecule has 4 amide bonds. The van der Waals surface area contributed by atoms with Crippen molar-refractivity contribution in [1.29, 1.82) is 0 Å². The van der Waals surface area contributed by atoms with E-state index in [1.807, 2.05) is 6.92 Å². The molecular formula is C23H19N9O4. The van der Waals surface area contributed by atoms with Crippen LogP contribution in [-0.4, -0.2) is 64.2 Å². The van der Waals surface area contributed by atoms with Crippen LogP contribution >= 0.6 is 0 Å². The van der Waals surface area contributed by atoms with Gasteiger partial charge in [0.25, 0.3) is 11.8 Å². The van der Waals surface area contributed by atoms with E-state index in [4.69, 9.17) is 0 Å². The van der Waals surface area contributed by atoms with E-state index in [2.05, 4.69) is 31.0 Å². The summed E-state index contributed by atoms with van der Waals surface area (Å²) < 4.78 is 2.97. The zero-order valence-corrected chi connectivity index (χ0v) is 19.0. The van der Waals surface area contributed by atoms with Gasteiger partial charge >= 0.3 is 0 Å². The van der Waals surface area contributed by atoms with E-state index in [0.29, 0.717) is 29.1 Å². The quantitative estimate of drug-likeness (QED) is 0.399. The highest BCUT2D eigenvalue weighted by Gasteiger charge is 2.39. The van der Waals surface area contributed by atoms with Crippen molar-refractivity contribution in [3.8, 4) is 5.69 Å². The molecule has 3 aromatic heterocycles. The normalized spacial score (nSPS) is 17.4. The fourth-order valence-corrected chi connectivity index (χ4v) is 4.48. The Morgan fingerprint density at radius 1 is 1.17 bits per heavy atom. The molecule has 1 saturated heterocycles. The van der Waals surface area contributed by atoms with E-state index < -0.39 is 17.9 Å². The topological polar surface area (TPSA) is 156 Å². The van der Waals surface area contributed by atoms with Gasteiger partial charge in [0.05, 0.1) is 17.6 Å².